The van der Waals surface area contributed by atoms with Gasteiger partial charge in [-0.2, -0.15) is 0 Å². The van der Waals surface area contributed by atoms with Gasteiger partial charge >= 0.3 is 0 Å². The molecule has 0 aliphatic heterocycles. The molecule has 0 heterocycles. The van der Waals surface area contributed by atoms with E-state index in [1.807, 2.05) is 0 Å². The highest BCUT2D eigenvalue weighted by Gasteiger charge is 2.23. The van der Waals surface area contributed by atoms with Crippen LogP contribution in [0, 0.1) is 5.92 Å². The summed E-state index contributed by atoms with van der Waals surface area (Å²) in [4.78, 5) is 11.1. The van der Waals surface area contributed by atoms with E-state index >= 15 is 0 Å². The quantitative estimate of drug-likeness (QED) is 0.597. The molecule has 0 saturated carbocycles. The standard InChI is InChI=1S/C8H17N3O3S2/c1-6(8(12)10-2)4-11(3)16(13,14)5-7(9)15/h6H,4-5H2,1-3H3,(H2,9,15)(H,10,12). The molecular formula is C8H17N3O3S2. The summed E-state index contributed by atoms with van der Waals surface area (Å²) in [5, 5.41) is 2.45. The van der Waals surface area contributed by atoms with Crippen molar-refractivity contribution in [2.24, 2.45) is 11.7 Å². The number of amides is 1. The lowest BCUT2D eigenvalue weighted by molar-refractivity contribution is -0.124. The molecule has 0 bridgehead atoms. The van der Waals surface area contributed by atoms with E-state index in [4.69, 9.17) is 5.73 Å². The van der Waals surface area contributed by atoms with E-state index in [2.05, 4.69) is 17.5 Å². The van der Waals surface area contributed by atoms with Gasteiger partial charge in [-0.3, -0.25) is 4.79 Å². The molecule has 94 valence electrons. The average Bonchev–Trinajstić information content (AvgIpc) is 2.14. The number of thiocarbonyl (C=S) groups is 1. The minimum atomic E-state index is -3.51. The van der Waals surface area contributed by atoms with Gasteiger partial charge in [0, 0.05) is 26.6 Å². The first-order chi connectivity index (χ1) is 7.20. The van der Waals surface area contributed by atoms with Gasteiger partial charge in [-0.25, -0.2) is 12.7 Å². The number of nitrogens with two attached hydrogens (primary N) is 1. The average molecular weight is 267 g/mol. The van der Waals surface area contributed by atoms with Crippen LogP contribution in [0.25, 0.3) is 0 Å². The lowest BCUT2D eigenvalue weighted by Crippen LogP contribution is -2.40. The summed E-state index contributed by atoms with van der Waals surface area (Å²) in [6, 6.07) is 0. The second-order valence-corrected chi connectivity index (χ2v) is 6.12. The monoisotopic (exact) mass is 267 g/mol. The van der Waals surface area contributed by atoms with Crippen molar-refractivity contribution in [2.45, 2.75) is 6.92 Å². The Balaban J connectivity index is 4.52. The number of nitrogens with one attached hydrogen (secondary N) is 1. The zero-order valence-electron chi connectivity index (χ0n) is 9.56. The first-order valence-electron chi connectivity index (χ1n) is 4.64. The number of rotatable bonds is 6. The fraction of sp³-hybridized carbons (Fsp3) is 0.750. The van der Waals surface area contributed by atoms with E-state index in [0.29, 0.717) is 0 Å². The number of hydrogen-bond donors (Lipinski definition) is 2. The number of nitrogens with zero attached hydrogens (tertiary/aromatic N) is 1. The lowest BCUT2D eigenvalue weighted by atomic mass is 10.2. The molecule has 1 amide bonds. The maximum Gasteiger partial charge on any atom is 0.223 e. The van der Waals surface area contributed by atoms with Gasteiger partial charge in [-0.05, 0) is 0 Å². The van der Waals surface area contributed by atoms with Gasteiger partial charge in [0.2, 0.25) is 15.9 Å². The molecule has 0 radical (unpaired) electrons. The van der Waals surface area contributed by atoms with E-state index in [1.165, 1.54) is 14.1 Å². The second kappa shape index (κ2) is 6.12. The summed E-state index contributed by atoms with van der Waals surface area (Å²) >= 11 is 4.54. The second-order valence-electron chi connectivity index (χ2n) is 3.52. The molecule has 0 saturated heterocycles. The molecule has 0 aromatic carbocycles. The molecule has 0 spiro atoms. The largest absolute Gasteiger partial charge is 0.392 e. The van der Waals surface area contributed by atoms with E-state index in [0.717, 1.165) is 4.31 Å². The SMILES string of the molecule is CNC(=O)C(C)CN(C)S(=O)(=O)CC(N)=S. The van der Waals surface area contributed by atoms with E-state index < -0.39 is 15.9 Å². The Hall–Kier alpha value is -0.730. The molecule has 0 rings (SSSR count). The molecule has 1 atom stereocenters. The molecule has 6 nitrogen and oxygen atoms in total. The third-order valence-corrected chi connectivity index (χ3v) is 4.13. The van der Waals surface area contributed by atoms with Crippen LogP contribution in [0.15, 0.2) is 0 Å². The maximum atomic E-state index is 11.6. The summed E-state index contributed by atoms with van der Waals surface area (Å²) in [5.41, 5.74) is 5.18. The topological polar surface area (TPSA) is 92.5 Å². The first kappa shape index (κ1) is 15.3. The number of carbonyl (C=O) groups excluding carboxylic acids is 1. The summed E-state index contributed by atoms with van der Waals surface area (Å²) in [6.07, 6.45) is 0. The highest BCUT2D eigenvalue weighted by Crippen LogP contribution is 2.04. The molecule has 0 aliphatic carbocycles. The Kier molecular flexibility index (Phi) is 5.84. The van der Waals surface area contributed by atoms with Gasteiger partial charge in [0.15, 0.2) is 0 Å². The Morgan fingerprint density at radius 1 is 1.56 bits per heavy atom. The van der Waals surface area contributed by atoms with Crippen LogP contribution in [0.5, 0.6) is 0 Å². The molecular weight excluding hydrogens is 250 g/mol. The first-order valence-corrected chi connectivity index (χ1v) is 6.66. The highest BCUT2D eigenvalue weighted by molar-refractivity contribution is 7.92. The molecule has 3 N–H and O–H groups in total. The maximum absolute atomic E-state index is 11.6. The van der Waals surface area contributed by atoms with Crippen LogP contribution in [-0.2, 0) is 14.8 Å². The Labute approximate surface area is 101 Å². The molecule has 1 unspecified atom stereocenters. The summed E-state index contributed by atoms with van der Waals surface area (Å²) in [6.45, 7) is 1.75. The van der Waals surface area contributed by atoms with Crippen LogP contribution < -0.4 is 11.1 Å². The minimum absolute atomic E-state index is 0.0838. The van der Waals surface area contributed by atoms with Crippen molar-refractivity contribution in [1.29, 1.82) is 0 Å². The van der Waals surface area contributed by atoms with Gasteiger partial charge in [0.1, 0.15) is 5.75 Å². The zero-order chi connectivity index (χ0) is 12.9. The highest BCUT2D eigenvalue weighted by atomic mass is 32.2. The van der Waals surface area contributed by atoms with Gasteiger partial charge in [-0.15, -0.1) is 0 Å². The van der Waals surface area contributed by atoms with Crippen molar-refractivity contribution in [2.75, 3.05) is 26.4 Å². The third-order valence-electron chi connectivity index (χ3n) is 2.02. The number of carbonyl (C=O) groups is 1. The van der Waals surface area contributed by atoms with Gasteiger partial charge in [0.25, 0.3) is 0 Å². The summed E-state index contributed by atoms with van der Waals surface area (Å²) in [7, 11) is -0.611. The number of sulfonamides is 1. The van der Waals surface area contributed by atoms with Crippen LogP contribution >= 0.6 is 12.2 Å². The van der Waals surface area contributed by atoms with Crippen LogP contribution in [0.1, 0.15) is 6.92 Å². The Morgan fingerprint density at radius 3 is 2.44 bits per heavy atom. The molecule has 0 fully saturated rings. The molecule has 0 aliphatic rings. The lowest BCUT2D eigenvalue weighted by Gasteiger charge is -2.20. The smallest absolute Gasteiger partial charge is 0.223 e. The van der Waals surface area contributed by atoms with Crippen molar-refractivity contribution in [3.63, 3.8) is 0 Å². The van der Waals surface area contributed by atoms with Crippen molar-refractivity contribution in [3.8, 4) is 0 Å². The molecule has 0 aromatic heterocycles. The molecule has 8 heteroatoms. The predicted octanol–water partition coefficient (Wildman–Crippen LogP) is -1.08. The fourth-order valence-electron chi connectivity index (χ4n) is 1.12. The predicted molar refractivity (Wildman–Crippen MR) is 66.4 cm³/mol. The van der Waals surface area contributed by atoms with Gasteiger partial charge in [0.05, 0.1) is 4.99 Å². The van der Waals surface area contributed by atoms with Crippen LogP contribution in [0.4, 0.5) is 0 Å². The Morgan fingerprint density at radius 2 is 2.06 bits per heavy atom. The Bertz CT molecular complexity index is 367. The van der Waals surface area contributed by atoms with Gasteiger partial charge < -0.3 is 11.1 Å². The minimum Gasteiger partial charge on any atom is -0.392 e. The molecule has 0 aromatic rings. The van der Waals surface area contributed by atoms with E-state index in [9.17, 15) is 13.2 Å². The van der Waals surface area contributed by atoms with Crippen molar-refractivity contribution < 1.29 is 13.2 Å². The normalized spacial score (nSPS) is 13.5. The van der Waals surface area contributed by atoms with Gasteiger partial charge in [-0.1, -0.05) is 19.1 Å². The van der Waals surface area contributed by atoms with Crippen LogP contribution in [0.3, 0.4) is 0 Å². The zero-order valence-corrected chi connectivity index (χ0v) is 11.2. The van der Waals surface area contributed by atoms with Crippen LogP contribution in [0.2, 0.25) is 0 Å². The summed E-state index contributed by atoms with van der Waals surface area (Å²) in [5.74, 6) is -1.01. The van der Waals surface area contributed by atoms with Crippen molar-refractivity contribution >= 4 is 33.1 Å². The summed E-state index contributed by atoms with van der Waals surface area (Å²) < 4.78 is 24.3. The molecule has 16 heavy (non-hydrogen) atoms. The van der Waals surface area contributed by atoms with Crippen molar-refractivity contribution in [3.05, 3.63) is 0 Å². The van der Waals surface area contributed by atoms with Crippen molar-refractivity contribution in [1.82, 2.24) is 9.62 Å². The van der Waals surface area contributed by atoms with E-state index in [1.54, 1.807) is 6.92 Å². The van der Waals surface area contributed by atoms with Crippen LogP contribution in [-0.4, -0.2) is 50.0 Å². The number of hydrogen-bond acceptors (Lipinski definition) is 4. The van der Waals surface area contributed by atoms with E-state index in [-0.39, 0.29) is 23.2 Å². The third kappa shape index (κ3) is 4.86. The fourth-order valence-corrected chi connectivity index (χ4v) is 2.60.